The molecular formula is C16H34N2O. The van der Waals surface area contributed by atoms with Gasteiger partial charge in [-0.15, -0.1) is 0 Å². The molecule has 1 rings (SSSR count). The van der Waals surface area contributed by atoms with Crippen LogP contribution in [0.2, 0.25) is 0 Å². The monoisotopic (exact) mass is 270 g/mol. The molecule has 0 radical (unpaired) electrons. The fourth-order valence-electron chi connectivity index (χ4n) is 2.71. The predicted molar refractivity (Wildman–Crippen MR) is 82.6 cm³/mol. The quantitative estimate of drug-likeness (QED) is 0.686. The summed E-state index contributed by atoms with van der Waals surface area (Å²) in [5.74, 6) is 0.803. The molecule has 0 aromatic rings. The Bertz CT molecular complexity index is 217. The summed E-state index contributed by atoms with van der Waals surface area (Å²) in [7, 11) is 1.82. The van der Waals surface area contributed by atoms with Crippen LogP contribution in [0.4, 0.5) is 0 Å². The van der Waals surface area contributed by atoms with Crippen LogP contribution in [0.15, 0.2) is 0 Å². The molecule has 1 aliphatic heterocycles. The van der Waals surface area contributed by atoms with Crippen LogP contribution >= 0.6 is 0 Å². The molecule has 3 heteroatoms. The number of hydrogen-bond donors (Lipinski definition) is 1. The summed E-state index contributed by atoms with van der Waals surface area (Å²) in [6, 6.07) is 0. The zero-order chi connectivity index (χ0) is 14.1. The number of ether oxygens (including phenoxy) is 1. The van der Waals surface area contributed by atoms with E-state index in [9.17, 15) is 0 Å². The molecule has 1 aliphatic rings. The van der Waals surface area contributed by atoms with Crippen LogP contribution in [0.1, 0.15) is 52.9 Å². The summed E-state index contributed by atoms with van der Waals surface area (Å²) in [4.78, 5) is 2.63. The fourth-order valence-corrected chi connectivity index (χ4v) is 2.71. The Kier molecular flexibility index (Phi) is 7.96. The van der Waals surface area contributed by atoms with Crippen molar-refractivity contribution in [3.05, 3.63) is 0 Å². The van der Waals surface area contributed by atoms with Gasteiger partial charge in [0.15, 0.2) is 0 Å². The molecule has 0 amide bonds. The van der Waals surface area contributed by atoms with Crippen LogP contribution in [-0.2, 0) is 4.74 Å². The van der Waals surface area contributed by atoms with Gasteiger partial charge in [0.2, 0.25) is 0 Å². The van der Waals surface area contributed by atoms with Gasteiger partial charge in [-0.3, -0.25) is 0 Å². The highest BCUT2D eigenvalue weighted by atomic mass is 16.5. The minimum Gasteiger partial charge on any atom is -0.384 e. The van der Waals surface area contributed by atoms with E-state index in [0.29, 0.717) is 0 Å². The molecule has 0 bridgehead atoms. The number of methoxy groups -OCH3 is 1. The van der Waals surface area contributed by atoms with Crippen molar-refractivity contribution in [3.8, 4) is 0 Å². The smallest absolute Gasteiger partial charge is 0.0491 e. The van der Waals surface area contributed by atoms with Crippen molar-refractivity contribution in [1.82, 2.24) is 10.2 Å². The van der Waals surface area contributed by atoms with Crippen molar-refractivity contribution in [2.45, 2.75) is 58.4 Å². The first kappa shape index (κ1) is 16.9. The van der Waals surface area contributed by atoms with Crippen molar-refractivity contribution >= 4 is 0 Å². The second-order valence-corrected chi connectivity index (χ2v) is 6.98. The molecule has 0 aromatic carbocycles. The van der Waals surface area contributed by atoms with Crippen LogP contribution in [0.25, 0.3) is 0 Å². The summed E-state index contributed by atoms with van der Waals surface area (Å²) < 4.78 is 5.24. The maximum absolute atomic E-state index is 5.24. The average molecular weight is 270 g/mol. The number of piperidine rings is 1. The molecule has 19 heavy (non-hydrogen) atoms. The Morgan fingerprint density at radius 2 is 1.79 bits per heavy atom. The molecule has 0 unspecified atom stereocenters. The Morgan fingerprint density at radius 1 is 1.11 bits per heavy atom. The molecular weight excluding hydrogens is 236 g/mol. The second kappa shape index (κ2) is 8.93. The summed E-state index contributed by atoms with van der Waals surface area (Å²) >= 11 is 0. The maximum atomic E-state index is 5.24. The van der Waals surface area contributed by atoms with Crippen LogP contribution in [-0.4, -0.2) is 50.3 Å². The molecule has 1 saturated heterocycles. The summed E-state index contributed by atoms with van der Waals surface area (Å²) in [6.45, 7) is 12.6. The van der Waals surface area contributed by atoms with Crippen LogP contribution in [0.5, 0.6) is 0 Å². The number of nitrogens with zero attached hydrogens (tertiary/aromatic N) is 1. The Balaban J connectivity index is 1.94. The zero-order valence-corrected chi connectivity index (χ0v) is 13.5. The number of unbranched alkanes of at least 4 members (excludes halogenated alkanes) is 2. The Labute approximate surface area is 120 Å². The lowest BCUT2D eigenvalue weighted by Gasteiger charge is -2.31. The van der Waals surface area contributed by atoms with Gasteiger partial charge in [0.05, 0.1) is 0 Å². The van der Waals surface area contributed by atoms with E-state index in [1.54, 1.807) is 0 Å². The highest BCUT2D eigenvalue weighted by Gasteiger charge is 2.18. The van der Waals surface area contributed by atoms with E-state index < -0.39 is 0 Å². The van der Waals surface area contributed by atoms with E-state index in [4.69, 9.17) is 4.74 Å². The third-order valence-corrected chi connectivity index (χ3v) is 3.92. The van der Waals surface area contributed by atoms with Crippen LogP contribution in [0, 0.1) is 5.92 Å². The highest BCUT2D eigenvalue weighted by molar-refractivity contribution is 4.72. The Morgan fingerprint density at radius 3 is 2.37 bits per heavy atom. The fraction of sp³-hybridized carbons (Fsp3) is 1.00. The van der Waals surface area contributed by atoms with E-state index in [2.05, 4.69) is 31.0 Å². The SMILES string of the molecule is COCC1CCN(CCCCCNC(C)(C)C)CC1. The van der Waals surface area contributed by atoms with E-state index in [1.165, 1.54) is 51.7 Å². The van der Waals surface area contributed by atoms with Crippen LogP contribution in [0.3, 0.4) is 0 Å². The molecule has 1 fully saturated rings. The topological polar surface area (TPSA) is 24.5 Å². The van der Waals surface area contributed by atoms with Crippen molar-refractivity contribution < 1.29 is 4.74 Å². The van der Waals surface area contributed by atoms with Gasteiger partial charge >= 0.3 is 0 Å². The van der Waals surface area contributed by atoms with Gasteiger partial charge in [0.1, 0.15) is 0 Å². The lowest BCUT2D eigenvalue weighted by molar-refractivity contribution is 0.0988. The van der Waals surface area contributed by atoms with Crippen molar-refractivity contribution in [2.75, 3.05) is 39.9 Å². The predicted octanol–water partition coefficient (Wildman–Crippen LogP) is 2.90. The molecule has 114 valence electrons. The van der Waals surface area contributed by atoms with E-state index in [1.807, 2.05) is 7.11 Å². The van der Waals surface area contributed by atoms with E-state index in [-0.39, 0.29) is 5.54 Å². The standard InChI is InChI=1S/C16H34N2O/c1-16(2,3)17-10-6-5-7-11-18-12-8-15(9-13-18)14-19-4/h15,17H,5-14H2,1-4H3. The molecule has 1 heterocycles. The molecule has 3 nitrogen and oxygen atoms in total. The van der Waals surface area contributed by atoms with Gasteiger partial charge in [0, 0.05) is 19.3 Å². The van der Waals surface area contributed by atoms with Crippen molar-refractivity contribution in [3.63, 3.8) is 0 Å². The molecule has 0 spiro atoms. The first-order chi connectivity index (χ1) is 9.01. The molecule has 0 aliphatic carbocycles. The summed E-state index contributed by atoms with van der Waals surface area (Å²) in [5.41, 5.74) is 0.267. The summed E-state index contributed by atoms with van der Waals surface area (Å²) in [5, 5.41) is 3.55. The van der Waals surface area contributed by atoms with Gasteiger partial charge in [0.25, 0.3) is 0 Å². The minimum absolute atomic E-state index is 0.267. The number of likely N-dealkylation sites (tertiary alicyclic amines) is 1. The highest BCUT2D eigenvalue weighted by Crippen LogP contribution is 2.17. The lowest BCUT2D eigenvalue weighted by atomic mass is 9.97. The number of rotatable bonds is 8. The van der Waals surface area contributed by atoms with Gasteiger partial charge in [-0.1, -0.05) is 6.42 Å². The van der Waals surface area contributed by atoms with Crippen molar-refractivity contribution in [1.29, 1.82) is 0 Å². The first-order valence-electron chi connectivity index (χ1n) is 7.97. The Hall–Kier alpha value is -0.120. The zero-order valence-electron chi connectivity index (χ0n) is 13.5. The van der Waals surface area contributed by atoms with Gasteiger partial charge in [-0.25, -0.2) is 0 Å². The van der Waals surface area contributed by atoms with Crippen molar-refractivity contribution in [2.24, 2.45) is 5.92 Å². The molecule has 0 atom stereocenters. The minimum atomic E-state index is 0.267. The third kappa shape index (κ3) is 8.61. The first-order valence-corrected chi connectivity index (χ1v) is 7.97. The molecule has 0 aromatic heterocycles. The third-order valence-electron chi connectivity index (χ3n) is 3.92. The van der Waals surface area contributed by atoms with Gasteiger partial charge in [-0.2, -0.15) is 0 Å². The van der Waals surface area contributed by atoms with Gasteiger partial charge in [-0.05, 0) is 78.6 Å². The maximum Gasteiger partial charge on any atom is 0.0491 e. The lowest BCUT2D eigenvalue weighted by Crippen LogP contribution is -2.37. The average Bonchev–Trinajstić information content (AvgIpc) is 2.35. The molecule has 0 saturated carbocycles. The second-order valence-electron chi connectivity index (χ2n) is 6.98. The number of nitrogens with one attached hydrogen (secondary N) is 1. The van der Waals surface area contributed by atoms with E-state index in [0.717, 1.165) is 19.1 Å². The van der Waals surface area contributed by atoms with Crippen LogP contribution < -0.4 is 5.32 Å². The molecule has 1 N–H and O–H groups in total. The van der Waals surface area contributed by atoms with E-state index >= 15 is 0 Å². The number of hydrogen-bond acceptors (Lipinski definition) is 3. The van der Waals surface area contributed by atoms with Gasteiger partial charge < -0.3 is 15.0 Å². The summed E-state index contributed by atoms with van der Waals surface area (Å²) in [6.07, 6.45) is 6.64. The largest absolute Gasteiger partial charge is 0.384 e. The normalized spacial score (nSPS) is 18.9.